The summed E-state index contributed by atoms with van der Waals surface area (Å²) in [6, 6.07) is 17.8. The van der Waals surface area contributed by atoms with Crippen LogP contribution in [0.25, 0.3) is 20.9 Å². The van der Waals surface area contributed by atoms with Gasteiger partial charge in [-0.3, -0.25) is 4.79 Å². The number of phenols is 1. The number of phenolic OH excluding ortho intramolecular Hbond substituents is 1. The van der Waals surface area contributed by atoms with Gasteiger partial charge in [-0.1, -0.05) is 53.8 Å². The van der Waals surface area contributed by atoms with Crippen molar-refractivity contribution in [2.24, 2.45) is 5.10 Å². The quantitative estimate of drug-likeness (QED) is 0.360. The van der Waals surface area contributed by atoms with Crippen LogP contribution in [0.3, 0.4) is 0 Å². The minimum absolute atomic E-state index is 0.0547. The average Bonchev–Trinajstić information content (AvgIpc) is 2.73. The van der Waals surface area contributed by atoms with Crippen LogP contribution in [0.1, 0.15) is 15.9 Å². The number of carbonyl (C=O) groups is 1. The number of nitrogens with two attached hydrogens (primary N) is 1. The van der Waals surface area contributed by atoms with E-state index in [2.05, 4.69) is 15.5 Å². The number of fused-ring (bicyclic) bond motifs is 3. The monoisotopic (exact) mass is 387 g/mol. The highest BCUT2D eigenvalue weighted by molar-refractivity contribution is 7.17. The van der Waals surface area contributed by atoms with E-state index in [1.807, 2.05) is 24.3 Å². The Balaban J connectivity index is 1.91. The molecule has 7 nitrogen and oxygen atoms in total. The van der Waals surface area contributed by atoms with Gasteiger partial charge < -0.3 is 10.8 Å². The maximum Gasteiger partial charge on any atom is 0.271 e. The number of hydrogen-bond donors (Lipinski definition) is 3. The standard InChI is InChI=1S/C20H13N5O2S/c21-10-14-15-17(13-9-5-4-8-12(13)16(14)26)28-20(23-18(15)22)25-24-19(27)11-6-2-1-3-7-11/h1-9,26H,(H,24,27)(H2,22,23,25). The number of nitrogens with one attached hydrogen (secondary N) is 1. The zero-order chi connectivity index (χ0) is 19.7. The summed E-state index contributed by atoms with van der Waals surface area (Å²) < 4.78 is 0.658. The first-order valence-electron chi connectivity index (χ1n) is 8.23. The van der Waals surface area contributed by atoms with Gasteiger partial charge in [0.2, 0.25) is 4.80 Å². The predicted octanol–water partition coefficient (Wildman–Crippen LogP) is 2.85. The van der Waals surface area contributed by atoms with E-state index in [-0.39, 0.29) is 27.8 Å². The fourth-order valence-corrected chi connectivity index (χ4v) is 3.94. The Bertz CT molecular complexity index is 1340. The largest absolute Gasteiger partial charge is 0.506 e. The first-order chi connectivity index (χ1) is 13.6. The van der Waals surface area contributed by atoms with E-state index in [1.165, 1.54) is 11.3 Å². The molecule has 8 heteroatoms. The molecule has 0 bridgehead atoms. The molecule has 1 aromatic heterocycles. The predicted molar refractivity (Wildman–Crippen MR) is 107 cm³/mol. The van der Waals surface area contributed by atoms with Crippen molar-refractivity contribution >= 4 is 43.9 Å². The summed E-state index contributed by atoms with van der Waals surface area (Å²) in [5.74, 6) is -0.450. The third kappa shape index (κ3) is 2.90. The Labute approximate surface area is 163 Å². The molecule has 0 radical (unpaired) electrons. The molecule has 3 aromatic carbocycles. The molecule has 0 atom stereocenters. The topological polar surface area (TPSA) is 124 Å². The molecule has 0 saturated carbocycles. The molecule has 28 heavy (non-hydrogen) atoms. The molecule has 0 saturated heterocycles. The maximum absolute atomic E-state index is 12.2. The Kier molecular flexibility index (Phi) is 4.35. The van der Waals surface area contributed by atoms with Gasteiger partial charge in [0, 0.05) is 16.3 Å². The first kappa shape index (κ1) is 17.5. The number of hydrogen-bond acceptors (Lipinski definition) is 7. The summed E-state index contributed by atoms with van der Waals surface area (Å²) in [6.45, 7) is 0. The molecule has 4 N–H and O–H groups in total. The van der Waals surface area contributed by atoms with E-state index in [4.69, 9.17) is 5.73 Å². The summed E-state index contributed by atoms with van der Waals surface area (Å²) in [7, 11) is 0. The molecule has 0 unspecified atom stereocenters. The van der Waals surface area contributed by atoms with Crippen molar-refractivity contribution in [3.63, 3.8) is 0 Å². The second kappa shape index (κ2) is 6.98. The molecule has 0 aliphatic rings. The molecule has 0 aliphatic heterocycles. The minimum Gasteiger partial charge on any atom is -0.506 e. The number of carbonyl (C=O) groups excluding carboxylic acids is 1. The first-order valence-corrected chi connectivity index (χ1v) is 9.05. The molecule has 0 spiro atoms. The van der Waals surface area contributed by atoms with Crippen LogP contribution in [-0.4, -0.2) is 16.0 Å². The van der Waals surface area contributed by atoms with Gasteiger partial charge in [0.1, 0.15) is 23.2 Å². The van der Waals surface area contributed by atoms with E-state index in [1.54, 1.807) is 36.4 Å². The van der Waals surface area contributed by atoms with Crippen LogP contribution in [0.15, 0.2) is 59.7 Å². The van der Waals surface area contributed by atoms with Gasteiger partial charge >= 0.3 is 0 Å². The summed E-state index contributed by atoms with van der Waals surface area (Å²) in [6.07, 6.45) is 0. The number of aromatic hydroxyl groups is 1. The lowest BCUT2D eigenvalue weighted by molar-refractivity contribution is 0.0953. The Hall–Kier alpha value is -3.96. The highest BCUT2D eigenvalue weighted by atomic mass is 32.1. The number of aromatic nitrogens is 1. The molecule has 1 amide bonds. The number of nitrogen functional groups attached to an aromatic ring is 1. The highest BCUT2D eigenvalue weighted by Gasteiger charge is 2.17. The summed E-state index contributed by atoms with van der Waals surface area (Å²) >= 11 is 1.17. The maximum atomic E-state index is 12.2. The summed E-state index contributed by atoms with van der Waals surface area (Å²) in [4.78, 5) is 16.6. The van der Waals surface area contributed by atoms with Gasteiger partial charge in [-0.15, -0.1) is 5.10 Å². The summed E-state index contributed by atoms with van der Waals surface area (Å²) in [5, 5.41) is 25.7. The van der Waals surface area contributed by atoms with E-state index >= 15 is 0 Å². The Morgan fingerprint density at radius 2 is 1.82 bits per heavy atom. The molecule has 4 rings (SSSR count). The van der Waals surface area contributed by atoms with Crippen LogP contribution in [-0.2, 0) is 0 Å². The van der Waals surface area contributed by atoms with Crippen LogP contribution in [0.2, 0.25) is 0 Å². The molecule has 136 valence electrons. The van der Waals surface area contributed by atoms with Crippen molar-refractivity contribution in [1.82, 2.24) is 10.4 Å². The van der Waals surface area contributed by atoms with Crippen molar-refractivity contribution < 1.29 is 9.90 Å². The SMILES string of the molecule is N#Cc1c(O)c2ccccc2c2s/c(=N/NC(=O)c3ccccc3)nc(N)c12. The highest BCUT2D eigenvalue weighted by Crippen LogP contribution is 2.39. The number of anilines is 1. The summed E-state index contributed by atoms with van der Waals surface area (Å²) in [5.41, 5.74) is 9.06. The smallest absolute Gasteiger partial charge is 0.271 e. The van der Waals surface area contributed by atoms with E-state index < -0.39 is 0 Å². The normalized spacial score (nSPS) is 11.5. The van der Waals surface area contributed by atoms with Crippen molar-refractivity contribution in [1.29, 1.82) is 5.26 Å². The lowest BCUT2D eigenvalue weighted by Gasteiger charge is -2.09. The van der Waals surface area contributed by atoms with Gasteiger partial charge in [-0.2, -0.15) is 5.26 Å². The van der Waals surface area contributed by atoms with Gasteiger partial charge in [-0.25, -0.2) is 10.4 Å². The van der Waals surface area contributed by atoms with Gasteiger partial charge in [0.25, 0.3) is 5.91 Å². The second-order valence-corrected chi connectivity index (χ2v) is 6.86. The van der Waals surface area contributed by atoms with Crippen molar-refractivity contribution in [2.45, 2.75) is 0 Å². The fourth-order valence-electron chi connectivity index (χ4n) is 2.92. The number of benzene rings is 3. The lowest BCUT2D eigenvalue weighted by atomic mass is 10.0. The van der Waals surface area contributed by atoms with Crippen LogP contribution in [0.4, 0.5) is 5.82 Å². The zero-order valence-corrected chi connectivity index (χ0v) is 15.2. The third-order valence-electron chi connectivity index (χ3n) is 4.21. The molecular formula is C20H13N5O2S. The Morgan fingerprint density at radius 1 is 1.14 bits per heavy atom. The molecule has 1 heterocycles. The van der Waals surface area contributed by atoms with Crippen LogP contribution in [0, 0.1) is 11.3 Å². The second-order valence-electron chi connectivity index (χ2n) is 5.89. The minimum atomic E-state index is -0.374. The van der Waals surface area contributed by atoms with Crippen molar-refractivity contribution in [3.05, 3.63) is 70.5 Å². The average molecular weight is 387 g/mol. The Morgan fingerprint density at radius 3 is 2.54 bits per heavy atom. The van der Waals surface area contributed by atoms with Gasteiger partial charge in [0.05, 0.1) is 10.1 Å². The fraction of sp³-hybridized carbons (Fsp3) is 0. The number of nitrogens with zero attached hydrogens (tertiary/aromatic N) is 3. The van der Waals surface area contributed by atoms with E-state index in [0.717, 1.165) is 5.39 Å². The third-order valence-corrected chi connectivity index (χ3v) is 5.20. The molecule has 4 aromatic rings. The number of rotatable bonds is 2. The molecular weight excluding hydrogens is 374 g/mol. The van der Waals surface area contributed by atoms with Crippen LogP contribution in [0.5, 0.6) is 5.75 Å². The number of nitriles is 1. The number of amides is 1. The van der Waals surface area contributed by atoms with Crippen molar-refractivity contribution in [2.75, 3.05) is 5.73 Å². The van der Waals surface area contributed by atoms with Crippen molar-refractivity contribution in [3.8, 4) is 11.8 Å². The van der Waals surface area contributed by atoms with Gasteiger partial charge in [0.15, 0.2) is 0 Å². The van der Waals surface area contributed by atoms with Gasteiger partial charge in [-0.05, 0) is 12.1 Å². The molecule has 0 fully saturated rings. The van der Waals surface area contributed by atoms with Crippen LogP contribution >= 0.6 is 11.3 Å². The zero-order valence-electron chi connectivity index (χ0n) is 14.4. The van der Waals surface area contributed by atoms with E-state index in [0.29, 0.717) is 21.0 Å². The molecule has 0 aliphatic carbocycles. The van der Waals surface area contributed by atoms with Crippen LogP contribution < -0.4 is 16.0 Å². The lowest BCUT2D eigenvalue weighted by Crippen LogP contribution is -2.22. The van der Waals surface area contributed by atoms with E-state index in [9.17, 15) is 15.2 Å².